The lowest BCUT2D eigenvalue weighted by Crippen LogP contribution is -2.36. The number of rotatable bonds is 8. The summed E-state index contributed by atoms with van der Waals surface area (Å²) in [5.74, 6) is -0.627. The van der Waals surface area contributed by atoms with E-state index in [-0.39, 0.29) is 18.9 Å². The SMILES string of the molecule is CCOC(=O)[C@H](NCC(=O)Nc1c(C#N)c(C)c(C)n1-c1ccccc1)c1cccc(O)c1. The van der Waals surface area contributed by atoms with Gasteiger partial charge in [0, 0.05) is 11.4 Å². The highest BCUT2D eigenvalue weighted by molar-refractivity contribution is 5.94. The summed E-state index contributed by atoms with van der Waals surface area (Å²) in [5, 5.41) is 25.2. The summed E-state index contributed by atoms with van der Waals surface area (Å²) in [7, 11) is 0. The van der Waals surface area contributed by atoms with Gasteiger partial charge in [0.1, 0.15) is 23.7 Å². The van der Waals surface area contributed by atoms with Crippen LogP contribution in [-0.4, -0.2) is 34.7 Å². The van der Waals surface area contributed by atoms with Gasteiger partial charge in [0.05, 0.1) is 18.7 Å². The molecule has 0 fully saturated rings. The zero-order valence-corrected chi connectivity index (χ0v) is 18.8. The van der Waals surface area contributed by atoms with Gasteiger partial charge >= 0.3 is 5.97 Å². The number of nitrogens with zero attached hydrogens (tertiary/aromatic N) is 2. The third-order valence-electron chi connectivity index (χ3n) is 5.29. The first-order chi connectivity index (χ1) is 15.9. The Labute approximate surface area is 192 Å². The summed E-state index contributed by atoms with van der Waals surface area (Å²) >= 11 is 0. The van der Waals surface area contributed by atoms with Crippen molar-refractivity contribution in [2.24, 2.45) is 0 Å². The molecule has 0 unspecified atom stereocenters. The van der Waals surface area contributed by atoms with Crippen molar-refractivity contribution in [1.82, 2.24) is 9.88 Å². The van der Waals surface area contributed by atoms with Crippen molar-refractivity contribution in [1.29, 1.82) is 5.26 Å². The summed E-state index contributed by atoms with van der Waals surface area (Å²) < 4.78 is 6.94. The number of esters is 1. The van der Waals surface area contributed by atoms with Gasteiger partial charge < -0.3 is 15.2 Å². The van der Waals surface area contributed by atoms with Crippen molar-refractivity contribution in [2.75, 3.05) is 18.5 Å². The number of phenolic OH excluding ortho intramolecular Hbond substituents is 1. The van der Waals surface area contributed by atoms with E-state index < -0.39 is 17.9 Å². The summed E-state index contributed by atoms with van der Waals surface area (Å²) in [6.07, 6.45) is 0. The number of ether oxygens (including phenoxy) is 1. The summed E-state index contributed by atoms with van der Waals surface area (Å²) in [6.45, 7) is 5.37. The molecule has 1 heterocycles. The number of carbonyl (C=O) groups excluding carboxylic acids is 2. The number of para-hydroxylation sites is 1. The fourth-order valence-electron chi connectivity index (χ4n) is 3.60. The third-order valence-corrected chi connectivity index (χ3v) is 5.29. The first-order valence-electron chi connectivity index (χ1n) is 10.5. The number of nitriles is 1. The highest BCUT2D eigenvalue weighted by Gasteiger charge is 2.24. The van der Waals surface area contributed by atoms with Crippen LogP contribution in [0.4, 0.5) is 5.82 Å². The Hall–Kier alpha value is -4.09. The van der Waals surface area contributed by atoms with Crippen LogP contribution in [0.5, 0.6) is 5.75 Å². The third kappa shape index (κ3) is 5.22. The second kappa shape index (κ2) is 10.5. The molecule has 3 rings (SSSR count). The molecule has 0 bridgehead atoms. The number of nitrogens with one attached hydrogen (secondary N) is 2. The zero-order valence-electron chi connectivity index (χ0n) is 18.8. The van der Waals surface area contributed by atoms with Crippen molar-refractivity contribution < 1.29 is 19.4 Å². The van der Waals surface area contributed by atoms with E-state index in [4.69, 9.17) is 4.74 Å². The van der Waals surface area contributed by atoms with E-state index in [1.165, 1.54) is 12.1 Å². The Balaban J connectivity index is 1.85. The van der Waals surface area contributed by atoms with Gasteiger partial charge in [-0.2, -0.15) is 5.26 Å². The Morgan fingerprint density at radius 2 is 1.88 bits per heavy atom. The molecule has 0 spiro atoms. The Bertz CT molecular complexity index is 1200. The van der Waals surface area contributed by atoms with Gasteiger partial charge in [0.15, 0.2) is 0 Å². The summed E-state index contributed by atoms with van der Waals surface area (Å²) in [4.78, 5) is 25.3. The molecule has 0 aliphatic carbocycles. The van der Waals surface area contributed by atoms with Crippen LogP contribution in [0.3, 0.4) is 0 Å². The van der Waals surface area contributed by atoms with E-state index in [9.17, 15) is 20.0 Å². The number of carbonyl (C=O) groups is 2. The fourth-order valence-corrected chi connectivity index (χ4v) is 3.60. The molecule has 0 aliphatic rings. The van der Waals surface area contributed by atoms with Gasteiger partial charge in [-0.05, 0) is 56.2 Å². The molecule has 1 aromatic heterocycles. The van der Waals surface area contributed by atoms with E-state index in [2.05, 4.69) is 16.7 Å². The molecule has 3 aromatic rings. The minimum absolute atomic E-state index is 0.00153. The number of amides is 1. The lowest BCUT2D eigenvalue weighted by atomic mass is 10.1. The quantitative estimate of drug-likeness (QED) is 0.456. The average molecular weight is 447 g/mol. The van der Waals surface area contributed by atoms with Gasteiger partial charge in [0.2, 0.25) is 5.91 Å². The van der Waals surface area contributed by atoms with E-state index in [0.29, 0.717) is 16.9 Å². The van der Waals surface area contributed by atoms with Gasteiger partial charge in [-0.25, -0.2) is 4.79 Å². The van der Waals surface area contributed by atoms with Crippen molar-refractivity contribution in [2.45, 2.75) is 26.8 Å². The molecule has 3 N–H and O–H groups in total. The van der Waals surface area contributed by atoms with Crippen LogP contribution in [0.25, 0.3) is 5.69 Å². The van der Waals surface area contributed by atoms with Gasteiger partial charge in [-0.3, -0.25) is 14.7 Å². The highest BCUT2D eigenvalue weighted by atomic mass is 16.5. The molecule has 0 saturated carbocycles. The van der Waals surface area contributed by atoms with Crippen LogP contribution in [0.15, 0.2) is 54.6 Å². The number of benzene rings is 2. The first-order valence-corrected chi connectivity index (χ1v) is 10.5. The van der Waals surface area contributed by atoms with Crippen molar-refractivity contribution in [3.05, 3.63) is 77.0 Å². The van der Waals surface area contributed by atoms with Crippen LogP contribution in [0.2, 0.25) is 0 Å². The molecular weight excluding hydrogens is 420 g/mol. The molecule has 0 saturated heterocycles. The number of phenols is 1. The summed E-state index contributed by atoms with van der Waals surface area (Å²) in [5.41, 5.74) is 3.27. The molecule has 0 aliphatic heterocycles. The van der Waals surface area contributed by atoms with E-state index in [0.717, 1.165) is 16.9 Å². The predicted molar refractivity (Wildman–Crippen MR) is 124 cm³/mol. The molecule has 33 heavy (non-hydrogen) atoms. The molecule has 170 valence electrons. The minimum atomic E-state index is -0.942. The monoisotopic (exact) mass is 446 g/mol. The van der Waals surface area contributed by atoms with Gasteiger partial charge in [-0.15, -0.1) is 0 Å². The van der Waals surface area contributed by atoms with Crippen LogP contribution in [0, 0.1) is 25.2 Å². The Kier molecular flexibility index (Phi) is 7.49. The summed E-state index contributed by atoms with van der Waals surface area (Å²) in [6, 6.07) is 16.8. The van der Waals surface area contributed by atoms with E-state index in [1.54, 1.807) is 19.1 Å². The van der Waals surface area contributed by atoms with Crippen LogP contribution in [0.1, 0.15) is 35.3 Å². The predicted octanol–water partition coefficient (Wildman–Crippen LogP) is 3.50. The lowest BCUT2D eigenvalue weighted by Gasteiger charge is -2.18. The Morgan fingerprint density at radius 3 is 2.52 bits per heavy atom. The largest absolute Gasteiger partial charge is 0.508 e. The second-order valence-electron chi connectivity index (χ2n) is 7.43. The zero-order chi connectivity index (χ0) is 24.0. The maximum atomic E-state index is 12.9. The maximum absolute atomic E-state index is 12.9. The van der Waals surface area contributed by atoms with Crippen LogP contribution >= 0.6 is 0 Å². The van der Waals surface area contributed by atoms with Crippen LogP contribution < -0.4 is 10.6 Å². The number of hydrogen-bond donors (Lipinski definition) is 3. The van der Waals surface area contributed by atoms with Crippen molar-refractivity contribution in [3.8, 4) is 17.5 Å². The van der Waals surface area contributed by atoms with Crippen molar-refractivity contribution >= 4 is 17.7 Å². The van der Waals surface area contributed by atoms with Crippen molar-refractivity contribution in [3.63, 3.8) is 0 Å². The number of anilines is 1. The molecular formula is C25H26N4O4. The smallest absolute Gasteiger partial charge is 0.327 e. The van der Waals surface area contributed by atoms with Gasteiger partial charge in [0.25, 0.3) is 0 Å². The average Bonchev–Trinajstić information content (AvgIpc) is 3.03. The maximum Gasteiger partial charge on any atom is 0.327 e. The van der Waals surface area contributed by atoms with E-state index >= 15 is 0 Å². The van der Waals surface area contributed by atoms with E-state index in [1.807, 2.05) is 48.7 Å². The molecule has 8 nitrogen and oxygen atoms in total. The number of aromatic hydroxyl groups is 1. The highest BCUT2D eigenvalue weighted by Crippen LogP contribution is 2.30. The standard InChI is InChI=1S/C25H26N4O4/c1-4-33-25(32)23(18-9-8-12-20(30)13-18)27-15-22(31)28-24-21(14-26)16(2)17(3)29(24)19-10-6-5-7-11-19/h5-13,23,27,30H,4,15H2,1-3H3,(H,28,31)/t23-/m1/s1. The molecule has 2 aromatic carbocycles. The number of aromatic nitrogens is 1. The normalized spacial score (nSPS) is 11.5. The minimum Gasteiger partial charge on any atom is -0.508 e. The number of hydrogen-bond acceptors (Lipinski definition) is 6. The molecule has 1 amide bonds. The fraction of sp³-hybridized carbons (Fsp3) is 0.240. The Morgan fingerprint density at radius 1 is 1.15 bits per heavy atom. The molecule has 8 heteroatoms. The second-order valence-corrected chi connectivity index (χ2v) is 7.43. The topological polar surface area (TPSA) is 116 Å². The van der Waals surface area contributed by atoms with Crippen LogP contribution in [-0.2, 0) is 14.3 Å². The first kappa shape index (κ1) is 23.6. The molecule has 0 radical (unpaired) electrons. The molecule has 1 atom stereocenters. The van der Waals surface area contributed by atoms with Gasteiger partial charge in [-0.1, -0.05) is 30.3 Å². The lowest BCUT2D eigenvalue weighted by molar-refractivity contribution is -0.145.